The molecule has 0 spiro atoms. The van der Waals surface area contributed by atoms with Crippen molar-refractivity contribution in [3.63, 3.8) is 0 Å². The lowest BCUT2D eigenvalue weighted by atomic mass is 9.88. The van der Waals surface area contributed by atoms with Crippen LogP contribution in [-0.4, -0.2) is 13.2 Å². The maximum absolute atomic E-state index is 5.33. The number of hydrogen-bond donors (Lipinski definition) is 0. The molecule has 0 radical (unpaired) electrons. The van der Waals surface area contributed by atoms with E-state index in [4.69, 9.17) is 4.74 Å². The number of ether oxygens (including phenoxy) is 1. The van der Waals surface area contributed by atoms with Crippen LogP contribution in [0, 0.1) is 23.2 Å². The van der Waals surface area contributed by atoms with Gasteiger partial charge in [0.1, 0.15) is 0 Å². The Bertz CT molecular complexity index is 135. The fraction of sp³-hybridized carbons (Fsp3) is 1.00. The highest BCUT2D eigenvalue weighted by atomic mass is 16.5. The topological polar surface area (TPSA) is 9.23 Å². The van der Waals surface area contributed by atoms with E-state index in [2.05, 4.69) is 20.8 Å². The Morgan fingerprint density at radius 1 is 1.10 bits per heavy atom. The fourth-order valence-electron chi connectivity index (χ4n) is 2.52. The third-order valence-electron chi connectivity index (χ3n) is 2.95. The molecule has 58 valence electrons. The minimum absolute atomic E-state index is 0.527. The first kappa shape index (κ1) is 6.66. The van der Waals surface area contributed by atoms with E-state index in [1.807, 2.05) is 0 Å². The van der Waals surface area contributed by atoms with Crippen LogP contribution in [0.1, 0.15) is 20.8 Å². The zero-order valence-electron chi connectivity index (χ0n) is 7.05. The van der Waals surface area contributed by atoms with E-state index >= 15 is 0 Å². The van der Waals surface area contributed by atoms with E-state index in [1.54, 1.807) is 0 Å². The lowest BCUT2D eigenvalue weighted by Crippen LogP contribution is -2.14. The minimum atomic E-state index is 0.527. The average molecular weight is 140 g/mol. The second-order valence-corrected chi connectivity index (χ2v) is 4.76. The maximum Gasteiger partial charge on any atom is 0.0501 e. The molecule has 0 aromatic carbocycles. The summed E-state index contributed by atoms with van der Waals surface area (Å²) in [6.07, 6.45) is 0. The molecular weight excluding hydrogens is 124 g/mol. The molecule has 2 atom stereocenters. The van der Waals surface area contributed by atoms with Crippen LogP contribution in [-0.2, 0) is 4.74 Å². The molecule has 1 nitrogen and oxygen atoms in total. The van der Waals surface area contributed by atoms with Crippen molar-refractivity contribution in [1.29, 1.82) is 0 Å². The van der Waals surface area contributed by atoms with Crippen LogP contribution in [0.3, 0.4) is 0 Å². The summed E-state index contributed by atoms with van der Waals surface area (Å²) in [4.78, 5) is 0. The highest BCUT2D eigenvalue weighted by molar-refractivity contribution is 5.05. The van der Waals surface area contributed by atoms with Crippen molar-refractivity contribution in [3.8, 4) is 0 Å². The van der Waals surface area contributed by atoms with Gasteiger partial charge >= 0.3 is 0 Å². The van der Waals surface area contributed by atoms with Crippen LogP contribution in [0.4, 0.5) is 0 Å². The monoisotopic (exact) mass is 140 g/mol. The predicted octanol–water partition coefficient (Wildman–Crippen LogP) is 1.92. The van der Waals surface area contributed by atoms with Gasteiger partial charge in [-0.05, 0) is 23.2 Å². The van der Waals surface area contributed by atoms with Crippen molar-refractivity contribution in [1.82, 2.24) is 0 Å². The summed E-state index contributed by atoms with van der Waals surface area (Å²) in [6, 6.07) is 0. The lowest BCUT2D eigenvalue weighted by Gasteiger charge is -2.20. The molecule has 0 aromatic heterocycles. The molecule has 2 fully saturated rings. The van der Waals surface area contributed by atoms with Gasteiger partial charge in [0.2, 0.25) is 0 Å². The summed E-state index contributed by atoms with van der Waals surface area (Å²) in [6.45, 7) is 9.10. The van der Waals surface area contributed by atoms with Crippen LogP contribution in [0.5, 0.6) is 0 Å². The molecule has 0 amide bonds. The van der Waals surface area contributed by atoms with E-state index in [0.717, 1.165) is 31.0 Å². The van der Waals surface area contributed by atoms with E-state index in [1.165, 1.54) is 0 Å². The SMILES string of the molecule is CC(C)(C)C1C2COCC21. The fourth-order valence-corrected chi connectivity index (χ4v) is 2.52. The third-order valence-corrected chi connectivity index (χ3v) is 2.95. The Balaban J connectivity index is 2.01. The molecular formula is C9H16O. The number of rotatable bonds is 0. The molecule has 2 aliphatic rings. The van der Waals surface area contributed by atoms with Crippen molar-refractivity contribution in [2.24, 2.45) is 23.2 Å². The molecule has 1 aliphatic heterocycles. The van der Waals surface area contributed by atoms with Crippen molar-refractivity contribution >= 4 is 0 Å². The average Bonchev–Trinajstić information content (AvgIpc) is 2.30. The second-order valence-electron chi connectivity index (χ2n) is 4.76. The standard InChI is InChI=1S/C9H16O/c1-9(2,3)8-6-4-10-5-7(6)8/h6-8H,4-5H2,1-3H3. The molecule has 1 aliphatic carbocycles. The Morgan fingerprint density at radius 3 is 1.90 bits per heavy atom. The Hall–Kier alpha value is -0.0400. The van der Waals surface area contributed by atoms with Crippen molar-refractivity contribution in [3.05, 3.63) is 0 Å². The van der Waals surface area contributed by atoms with Crippen LogP contribution in [0.25, 0.3) is 0 Å². The molecule has 1 heterocycles. The van der Waals surface area contributed by atoms with Crippen LogP contribution < -0.4 is 0 Å². The Labute approximate surface area is 62.8 Å². The van der Waals surface area contributed by atoms with E-state index in [0.29, 0.717) is 5.41 Å². The first-order chi connectivity index (χ1) is 4.61. The molecule has 1 heteroatoms. The molecule has 0 N–H and O–H groups in total. The lowest BCUT2D eigenvalue weighted by molar-refractivity contribution is 0.125. The zero-order chi connectivity index (χ0) is 7.35. The minimum Gasteiger partial charge on any atom is -0.381 e. The van der Waals surface area contributed by atoms with E-state index in [9.17, 15) is 0 Å². The molecule has 2 unspecified atom stereocenters. The van der Waals surface area contributed by atoms with E-state index < -0.39 is 0 Å². The van der Waals surface area contributed by atoms with Crippen LogP contribution in [0.2, 0.25) is 0 Å². The van der Waals surface area contributed by atoms with E-state index in [-0.39, 0.29) is 0 Å². The normalized spacial score (nSPS) is 45.3. The first-order valence-corrected chi connectivity index (χ1v) is 4.18. The van der Waals surface area contributed by atoms with Gasteiger partial charge in [-0.15, -0.1) is 0 Å². The summed E-state index contributed by atoms with van der Waals surface area (Å²) < 4.78 is 5.33. The van der Waals surface area contributed by atoms with Gasteiger partial charge in [0.15, 0.2) is 0 Å². The van der Waals surface area contributed by atoms with Gasteiger partial charge in [0.05, 0.1) is 13.2 Å². The Morgan fingerprint density at radius 2 is 1.60 bits per heavy atom. The van der Waals surface area contributed by atoms with Gasteiger partial charge < -0.3 is 4.74 Å². The summed E-state index contributed by atoms with van der Waals surface area (Å²) in [5.41, 5.74) is 0.527. The van der Waals surface area contributed by atoms with Gasteiger partial charge in [-0.3, -0.25) is 0 Å². The summed E-state index contributed by atoms with van der Waals surface area (Å²) >= 11 is 0. The Kier molecular flexibility index (Phi) is 1.17. The summed E-state index contributed by atoms with van der Waals surface area (Å²) in [7, 11) is 0. The summed E-state index contributed by atoms with van der Waals surface area (Å²) in [5.74, 6) is 2.79. The van der Waals surface area contributed by atoms with Gasteiger partial charge in [0, 0.05) is 0 Å². The number of fused-ring (bicyclic) bond motifs is 1. The summed E-state index contributed by atoms with van der Waals surface area (Å²) in [5, 5.41) is 0. The zero-order valence-corrected chi connectivity index (χ0v) is 7.05. The molecule has 10 heavy (non-hydrogen) atoms. The third kappa shape index (κ3) is 0.800. The van der Waals surface area contributed by atoms with Gasteiger partial charge in [-0.1, -0.05) is 20.8 Å². The largest absolute Gasteiger partial charge is 0.381 e. The molecule has 0 bridgehead atoms. The highest BCUT2D eigenvalue weighted by Crippen LogP contribution is 2.58. The predicted molar refractivity (Wildman–Crippen MR) is 40.7 cm³/mol. The van der Waals surface area contributed by atoms with Crippen LogP contribution >= 0.6 is 0 Å². The first-order valence-electron chi connectivity index (χ1n) is 4.18. The number of hydrogen-bond acceptors (Lipinski definition) is 1. The van der Waals surface area contributed by atoms with Gasteiger partial charge in [-0.2, -0.15) is 0 Å². The van der Waals surface area contributed by atoms with Crippen LogP contribution in [0.15, 0.2) is 0 Å². The molecule has 0 aromatic rings. The van der Waals surface area contributed by atoms with Crippen molar-refractivity contribution in [2.75, 3.05) is 13.2 Å². The van der Waals surface area contributed by atoms with Gasteiger partial charge in [-0.25, -0.2) is 0 Å². The quantitative estimate of drug-likeness (QED) is 0.499. The smallest absolute Gasteiger partial charge is 0.0501 e. The van der Waals surface area contributed by atoms with Crippen molar-refractivity contribution < 1.29 is 4.74 Å². The maximum atomic E-state index is 5.33. The molecule has 1 saturated heterocycles. The highest BCUT2D eigenvalue weighted by Gasteiger charge is 2.58. The second kappa shape index (κ2) is 1.76. The van der Waals surface area contributed by atoms with Gasteiger partial charge in [0.25, 0.3) is 0 Å². The molecule has 1 saturated carbocycles. The molecule has 2 rings (SSSR count). The van der Waals surface area contributed by atoms with Crippen molar-refractivity contribution in [2.45, 2.75) is 20.8 Å².